The van der Waals surface area contributed by atoms with Gasteiger partial charge in [0.05, 0.1) is 6.61 Å². The third kappa shape index (κ3) is 3.93. The van der Waals surface area contributed by atoms with Crippen molar-refractivity contribution in [3.8, 4) is 0 Å². The summed E-state index contributed by atoms with van der Waals surface area (Å²) in [4.78, 5) is 11.7. The molecule has 2 rings (SSSR count). The molecule has 3 heteroatoms. The molecule has 0 amide bonds. The van der Waals surface area contributed by atoms with Crippen LogP contribution in [0, 0.1) is 0 Å². The molecule has 0 radical (unpaired) electrons. The van der Waals surface area contributed by atoms with Gasteiger partial charge in [0.1, 0.15) is 0 Å². The molecule has 0 spiro atoms. The second kappa shape index (κ2) is 6.71. The van der Waals surface area contributed by atoms with E-state index in [9.17, 15) is 9.90 Å². The van der Waals surface area contributed by atoms with E-state index < -0.39 is 12.1 Å². The van der Waals surface area contributed by atoms with E-state index in [4.69, 9.17) is 4.74 Å². The Labute approximate surface area is 112 Å². The summed E-state index contributed by atoms with van der Waals surface area (Å²) in [6.45, 7) is 0.271. The Kier molecular flexibility index (Phi) is 4.70. The van der Waals surface area contributed by atoms with Crippen LogP contribution >= 0.6 is 0 Å². The third-order valence-electron chi connectivity index (χ3n) is 2.82. The van der Waals surface area contributed by atoms with Crippen LogP contribution in [-0.4, -0.2) is 17.7 Å². The van der Waals surface area contributed by atoms with Crippen LogP contribution < -0.4 is 0 Å². The van der Waals surface area contributed by atoms with Crippen LogP contribution in [0.2, 0.25) is 0 Å². The van der Waals surface area contributed by atoms with Crippen molar-refractivity contribution in [2.24, 2.45) is 0 Å². The van der Waals surface area contributed by atoms with E-state index in [2.05, 4.69) is 0 Å². The zero-order chi connectivity index (χ0) is 13.5. The first kappa shape index (κ1) is 13.3. The number of hydrogen-bond donors (Lipinski definition) is 1. The number of carbonyl (C=O) groups excluding carboxylic acids is 1. The van der Waals surface area contributed by atoms with Crippen molar-refractivity contribution in [1.82, 2.24) is 0 Å². The summed E-state index contributed by atoms with van der Waals surface area (Å²) in [6.07, 6.45) is -0.564. The normalized spacial score (nSPS) is 11.8. The second-order valence-corrected chi connectivity index (χ2v) is 4.22. The molecule has 0 fully saturated rings. The van der Waals surface area contributed by atoms with Crippen LogP contribution in [0.15, 0.2) is 60.7 Å². The van der Waals surface area contributed by atoms with Crippen molar-refractivity contribution in [2.45, 2.75) is 12.5 Å². The molecule has 19 heavy (non-hydrogen) atoms. The highest BCUT2D eigenvalue weighted by Crippen LogP contribution is 2.13. The lowest BCUT2D eigenvalue weighted by molar-refractivity contribution is -0.153. The summed E-state index contributed by atoms with van der Waals surface area (Å²) in [5.41, 5.74) is 1.65. The average Bonchev–Trinajstić information content (AvgIpc) is 2.48. The van der Waals surface area contributed by atoms with Gasteiger partial charge in [-0.3, -0.25) is 0 Å². The lowest BCUT2D eigenvalue weighted by atomic mass is 10.1. The molecular formula is C16H16O3. The van der Waals surface area contributed by atoms with Gasteiger partial charge >= 0.3 is 5.97 Å². The minimum atomic E-state index is -1.21. The van der Waals surface area contributed by atoms with E-state index in [0.717, 1.165) is 5.56 Å². The average molecular weight is 256 g/mol. The van der Waals surface area contributed by atoms with Gasteiger partial charge in [-0.25, -0.2) is 4.79 Å². The van der Waals surface area contributed by atoms with E-state index in [1.54, 1.807) is 24.3 Å². The molecular weight excluding hydrogens is 240 g/mol. The fourth-order valence-corrected chi connectivity index (χ4v) is 1.76. The monoisotopic (exact) mass is 256 g/mol. The van der Waals surface area contributed by atoms with Crippen LogP contribution in [-0.2, 0) is 16.0 Å². The number of aliphatic hydroxyl groups excluding tert-OH is 1. The Bertz CT molecular complexity index is 508. The zero-order valence-corrected chi connectivity index (χ0v) is 10.5. The zero-order valence-electron chi connectivity index (χ0n) is 10.5. The molecule has 2 aromatic carbocycles. The smallest absolute Gasteiger partial charge is 0.339 e. The topological polar surface area (TPSA) is 46.5 Å². The molecule has 2 aromatic rings. The Balaban J connectivity index is 1.82. The van der Waals surface area contributed by atoms with Gasteiger partial charge in [0.25, 0.3) is 0 Å². The Morgan fingerprint density at radius 1 is 1.00 bits per heavy atom. The minimum Gasteiger partial charge on any atom is -0.463 e. The number of ether oxygens (including phenoxy) is 1. The van der Waals surface area contributed by atoms with Gasteiger partial charge < -0.3 is 9.84 Å². The number of rotatable bonds is 5. The van der Waals surface area contributed by atoms with E-state index in [1.807, 2.05) is 36.4 Å². The summed E-state index contributed by atoms with van der Waals surface area (Å²) in [7, 11) is 0. The SMILES string of the molecule is O=C(OCCc1ccccc1)[C@@H](O)c1ccccc1. The standard InChI is InChI=1S/C16H16O3/c17-15(14-9-5-2-6-10-14)16(18)19-12-11-13-7-3-1-4-8-13/h1-10,15,17H,11-12H2/t15-/m0/s1. The third-order valence-corrected chi connectivity index (χ3v) is 2.82. The maximum absolute atomic E-state index is 11.7. The fourth-order valence-electron chi connectivity index (χ4n) is 1.76. The predicted octanol–water partition coefficient (Wildman–Crippen LogP) is 2.51. The molecule has 1 N–H and O–H groups in total. The minimum absolute atomic E-state index is 0.271. The first-order chi connectivity index (χ1) is 9.27. The lowest BCUT2D eigenvalue weighted by Crippen LogP contribution is -2.16. The quantitative estimate of drug-likeness (QED) is 0.836. The molecule has 0 heterocycles. The molecule has 0 aliphatic heterocycles. The van der Waals surface area contributed by atoms with Crippen molar-refractivity contribution in [2.75, 3.05) is 6.61 Å². The van der Waals surface area contributed by atoms with Crippen molar-refractivity contribution in [3.63, 3.8) is 0 Å². The molecule has 3 nitrogen and oxygen atoms in total. The predicted molar refractivity (Wildman–Crippen MR) is 72.5 cm³/mol. The highest BCUT2D eigenvalue weighted by Gasteiger charge is 2.18. The Hall–Kier alpha value is -2.13. The molecule has 98 valence electrons. The van der Waals surface area contributed by atoms with Crippen LogP contribution in [0.1, 0.15) is 17.2 Å². The summed E-state index contributed by atoms with van der Waals surface area (Å²) in [5, 5.41) is 9.81. The van der Waals surface area contributed by atoms with Crippen LogP contribution in [0.4, 0.5) is 0 Å². The van der Waals surface area contributed by atoms with E-state index in [0.29, 0.717) is 12.0 Å². The highest BCUT2D eigenvalue weighted by atomic mass is 16.5. The van der Waals surface area contributed by atoms with Gasteiger partial charge in [-0.05, 0) is 11.1 Å². The molecule has 0 aliphatic carbocycles. The van der Waals surface area contributed by atoms with Gasteiger partial charge in [0.15, 0.2) is 6.10 Å². The summed E-state index contributed by atoms with van der Waals surface area (Å²) in [6, 6.07) is 18.5. The van der Waals surface area contributed by atoms with Gasteiger partial charge in [0.2, 0.25) is 0 Å². The first-order valence-electron chi connectivity index (χ1n) is 6.21. The van der Waals surface area contributed by atoms with Crippen LogP contribution in [0.3, 0.4) is 0 Å². The van der Waals surface area contributed by atoms with Gasteiger partial charge in [-0.2, -0.15) is 0 Å². The number of carbonyl (C=O) groups is 1. The maximum Gasteiger partial charge on any atom is 0.339 e. The molecule has 0 bridgehead atoms. The Morgan fingerprint density at radius 2 is 1.58 bits per heavy atom. The molecule has 0 saturated heterocycles. The molecule has 1 atom stereocenters. The second-order valence-electron chi connectivity index (χ2n) is 4.22. The summed E-state index contributed by atoms with van der Waals surface area (Å²) in [5.74, 6) is -0.609. The van der Waals surface area contributed by atoms with Crippen molar-refractivity contribution in [3.05, 3.63) is 71.8 Å². The van der Waals surface area contributed by atoms with Gasteiger partial charge in [-0.1, -0.05) is 60.7 Å². The largest absolute Gasteiger partial charge is 0.463 e. The summed E-state index contributed by atoms with van der Waals surface area (Å²) >= 11 is 0. The molecule has 0 aromatic heterocycles. The number of esters is 1. The summed E-state index contributed by atoms with van der Waals surface area (Å²) < 4.78 is 5.07. The van der Waals surface area contributed by atoms with E-state index in [-0.39, 0.29) is 6.61 Å². The fraction of sp³-hybridized carbons (Fsp3) is 0.188. The molecule has 0 saturated carbocycles. The van der Waals surface area contributed by atoms with E-state index in [1.165, 1.54) is 0 Å². The highest BCUT2D eigenvalue weighted by molar-refractivity contribution is 5.76. The number of hydrogen-bond acceptors (Lipinski definition) is 3. The first-order valence-corrected chi connectivity index (χ1v) is 6.21. The lowest BCUT2D eigenvalue weighted by Gasteiger charge is -2.10. The maximum atomic E-state index is 11.7. The molecule has 0 unspecified atom stereocenters. The van der Waals surface area contributed by atoms with Crippen LogP contribution in [0.5, 0.6) is 0 Å². The van der Waals surface area contributed by atoms with Crippen molar-refractivity contribution < 1.29 is 14.6 Å². The van der Waals surface area contributed by atoms with Gasteiger partial charge in [-0.15, -0.1) is 0 Å². The van der Waals surface area contributed by atoms with Gasteiger partial charge in [0, 0.05) is 6.42 Å². The van der Waals surface area contributed by atoms with E-state index >= 15 is 0 Å². The molecule has 0 aliphatic rings. The number of benzene rings is 2. The van der Waals surface area contributed by atoms with Crippen LogP contribution in [0.25, 0.3) is 0 Å². The van der Waals surface area contributed by atoms with Crippen molar-refractivity contribution in [1.29, 1.82) is 0 Å². The van der Waals surface area contributed by atoms with Crippen molar-refractivity contribution >= 4 is 5.97 Å². The number of aliphatic hydroxyl groups is 1. The Morgan fingerprint density at radius 3 is 2.21 bits per heavy atom.